The van der Waals surface area contributed by atoms with E-state index in [4.69, 9.17) is 11.8 Å². The number of rotatable bonds is 6. The number of nitrogens with one attached hydrogen (secondary N) is 1. The van der Waals surface area contributed by atoms with Gasteiger partial charge in [0, 0.05) is 6.04 Å². The molecule has 1 atom stereocenters. The molecule has 0 fully saturated rings. The van der Waals surface area contributed by atoms with E-state index in [0.717, 1.165) is 6.42 Å². The standard InChI is InChI=1S/C14H22ClN/c1-4-5-9-14(16-15)13-8-6-7-12(10-13)11(2)3/h6-8,10-11,14,16H,4-5,9H2,1-3H3/t14-/m0/s1. The van der Waals surface area contributed by atoms with Crippen LogP contribution in [0.3, 0.4) is 0 Å². The Morgan fingerprint density at radius 3 is 2.50 bits per heavy atom. The molecule has 90 valence electrons. The second kappa shape index (κ2) is 6.93. The molecule has 0 saturated carbocycles. The van der Waals surface area contributed by atoms with Crippen LogP contribution in [0.4, 0.5) is 0 Å². The predicted octanol–water partition coefficient (Wildman–Crippen LogP) is 4.78. The number of unbranched alkanes of at least 4 members (excludes halogenated alkanes) is 1. The number of benzene rings is 1. The first-order chi connectivity index (χ1) is 7.69. The Labute approximate surface area is 104 Å². The van der Waals surface area contributed by atoms with Gasteiger partial charge in [0.25, 0.3) is 0 Å². The van der Waals surface area contributed by atoms with Gasteiger partial charge in [-0.15, -0.1) is 0 Å². The van der Waals surface area contributed by atoms with Crippen LogP contribution >= 0.6 is 11.8 Å². The highest BCUT2D eigenvalue weighted by Crippen LogP contribution is 2.23. The number of hydrogen-bond donors (Lipinski definition) is 1. The Kier molecular flexibility index (Phi) is 5.86. The van der Waals surface area contributed by atoms with Gasteiger partial charge in [-0.2, -0.15) is 0 Å². The third-order valence-electron chi connectivity index (χ3n) is 2.96. The van der Waals surface area contributed by atoms with Crippen LogP contribution in [-0.2, 0) is 0 Å². The van der Waals surface area contributed by atoms with Gasteiger partial charge >= 0.3 is 0 Å². The molecule has 0 aliphatic rings. The second-order valence-electron chi connectivity index (χ2n) is 4.63. The van der Waals surface area contributed by atoms with Crippen molar-refractivity contribution in [3.63, 3.8) is 0 Å². The van der Waals surface area contributed by atoms with Gasteiger partial charge in [0.15, 0.2) is 0 Å². The van der Waals surface area contributed by atoms with Crippen molar-refractivity contribution in [1.29, 1.82) is 0 Å². The molecule has 0 aliphatic carbocycles. The molecular formula is C14H22ClN. The van der Waals surface area contributed by atoms with Crippen LogP contribution in [0.1, 0.15) is 63.1 Å². The maximum Gasteiger partial charge on any atom is 0.0470 e. The normalized spacial score (nSPS) is 13.1. The van der Waals surface area contributed by atoms with Gasteiger partial charge in [0.05, 0.1) is 0 Å². The molecule has 1 aromatic rings. The summed E-state index contributed by atoms with van der Waals surface area (Å²) in [5, 5.41) is 0. The second-order valence-corrected chi connectivity index (χ2v) is 4.85. The zero-order valence-electron chi connectivity index (χ0n) is 10.5. The van der Waals surface area contributed by atoms with Crippen LogP contribution in [0.5, 0.6) is 0 Å². The lowest BCUT2D eigenvalue weighted by Gasteiger charge is -2.16. The van der Waals surface area contributed by atoms with Gasteiger partial charge < -0.3 is 0 Å². The lowest BCUT2D eigenvalue weighted by Crippen LogP contribution is -2.11. The fourth-order valence-corrected chi connectivity index (χ4v) is 2.06. The minimum Gasteiger partial charge on any atom is -0.226 e. The summed E-state index contributed by atoms with van der Waals surface area (Å²) in [6.07, 6.45) is 3.51. The lowest BCUT2D eigenvalue weighted by atomic mass is 9.96. The van der Waals surface area contributed by atoms with E-state index in [1.54, 1.807) is 0 Å². The zero-order valence-corrected chi connectivity index (χ0v) is 11.2. The molecule has 0 saturated heterocycles. The van der Waals surface area contributed by atoms with Crippen LogP contribution in [0.15, 0.2) is 24.3 Å². The van der Waals surface area contributed by atoms with E-state index in [0.29, 0.717) is 5.92 Å². The summed E-state index contributed by atoms with van der Waals surface area (Å²) in [5.74, 6) is 0.571. The van der Waals surface area contributed by atoms with Gasteiger partial charge in [-0.1, -0.05) is 57.9 Å². The van der Waals surface area contributed by atoms with Crippen molar-refractivity contribution in [2.75, 3.05) is 0 Å². The summed E-state index contributed by atoms with van der Waals surface area (Å²) < 4.78 is 0. The van der Waals surface area contributed by atoms with E-state index in [2.05, 4.69) is 49.9 Å². The van der Waals surface area contributed by atoms with E-state index < -0.39 is 0 Å². The van der Waals surface area contributed by atoms with Crippen molar-refractivity contribution in [3.05, 3.63) is 35.4 Å². The molecule has 0 aromatic heterocycles. The summed E-state index contributed by atoms with van der Waals surface area (Å²) in [6.45, 7) is 6.64. The molecule has 2 heteroatoms. The van der Waals surface area contributed by atoms with Gasteiger partial charge in [0.2, 0.25) is 0 Å². The molecule has 1 aromatic carbocycles. The molecule has 1 nitrogen and oxygen atoms in total. The van der Waals surface area contributed by atoms with Crippen LogP contribution in [0.25, 0.3) is 0 Å². The van der Waals surface area contributed by atoms with Crippen molar-refractivity contribution < 1.29 is 0 Å². The average Bonchev–Trinajstić information content (AvgIpc) is 2.30. The van der Waals surface area contributed by atoms with E-state index in [9.17, 15) is 0 Å². The molecule has 0 aliphatic heterocycles. The highest BCUT2D eigenvalue weighted by Gasteiger charge is 2.10. The maximum absolute atomic E-state index is 5.82. The largest absolute Gasteiger partial charge is 0.226 e. The fourth-order valence-electron chi connectivity index (χ4n) is 1.83. The monoisotopic (exact) mass is 239 g/mol. The van der Waals surface area contributed by atoms with Crippen molar-refractivity contribution in [2.24, 2.45) is 0 Å². The van der Waals surface area contributed by atoms with Crippen molar-refractivity contribution >= 4 is 11.8 Å². The first-order valence-electron chi connectivity index (χ1n) is 6.15. The molecule has 1 rings (SSSR count). The van der Waals surface area contributed by atoms with Gasteiger partial charge in [0.1, 0.15) is 0 Å². The average molecular weight is 240 g/mol. The van der Waals surface area contributed by atoms with Crippen LogP contribution in [0, 0.1) is 0 Å². The lowest BCUT2D eigenvalue weighted by molar-refractivity contribution is 0.568. The quantitative estimate of drug-likeness (QED) is 0.705. The topological polar surface area (TPSA) is 12.0 Å². The molecule has 0 bridgehead atoms. The number of hydrogen-bond acceptors (Lipinski definition) is 1. The molecule has 0 radical (unpaired) electrons. The van der Waals surface area contributed by atoms with E-state index in [1.165, 1.54) is 24.0 Å². The third kappa shape index (κ3) is 3.80. The summed E-state index contributed by atoms with van der Waals surface area (Å²) >= 11 is 5.82. The van der Waals surface area contributed by atoms with Gasteiger partial charge in [-0.3, -0.25) is 0 Å². The Hall–Kier alpha value is -0.530. The van der Waals surface area contributed by atoms with E-state index in [-0.39, 0.29) is 6.04 Å². The first kappa shape index (κ1) is 13.5. The maximum atomic E-state index is 5.82. The summed E-state index contributed by atoms with van der Waals surface area (Å²) in [7, 11) is 0. The molecule has 1 N–H and O–H groups in total. The van der Waals surface area contributed by atoms with Crippen LogP contribution < -0.4 is 4.84 Å². The fraction of sp³-hybridized carbons (Fsp3) is 0.571. The van der Waals surface area contributed by atoms with Gasteiger partial charge in [-0.25, -0.2) is 4.84 Å². The third-order valence-corrected chi connectivity index (χ3v) is 3.22. The van der Waals surface area contributed by atoms with Crippen molar-refractivity contribution in [2.45, 2.75) is 52.0 Å². The summed E-state index contributed by atoms with van der Waals surface area (Å²) in [6, 6.07) is 9.00. The summed E-state index contributed by atoms with van der Waals surface area (Å²) in [5.41, 5.74) is 2.68. The predicted molar refractivity (Wildman–Crippen MR) is 71.8 cm³/mol. The number of halogens is 1. The molecule has 0 amide bonds. The van der Waals surface area contributed by atoms with Gasteiger partial charge in [-0.05, 0) is 35.2 Å². The van der Waals surface area contributed by atoms with Crippen molar-refractivity contribution in [3.8, 4) is 0 Å². The molecule has 0 heterocycles. The Morgan fingerprint density at radius 1 is 1.25 bits per heavy atom. The van der Waals surface area contributed by atoms with E-state index in [1.807, 2.05) is 0 Å². The van der Waals surface area contributed by atoms with Crippen LogP contribution in [-0.4, -0.2) is 0 Å². The Morgan fingerprint density at radius 2 is 1.94 bits per heavy atom. The molecule has 16 heavy (non-hydrogen) atoms. The smallest absolute Gasteiger partial charge is 0.0470 e. The highest BCUT2D eigenvalue weighted by molar-refractivity contribution is 6.13. The SMILES string of the molecule is CCCC[C@H](NCl)c1cccc(C(C)C)c1. The van der Waals surface area contributed by atoms with Crippen molar-refractivity contribution in [1.82, 2.24) is 4.84 Å². The highest BCUT2D eigenvalue weighted by atomic mass is 35.5. The Balaban J connectivity index is 2.79. The van der Waals surface area contributed by atoms with Crippen LogP contribution in [0.2, 0.25) is 0 Å². The molecule has 0 spiro atoms. The minimum absolute atomic E-state index is 0.278. The molecule has 0 unspecified atom stereocenters. The first-order valence-corrected chi connectivity index (χ1v) is 6.52. The Bertz CT molecular complexity index is 309. The molecular weight excluding hydrogens is 218 g/mol. The summed E-state index contributed by atoms with van der Waals surface area (Å²) in [4.78, 5) is 2.89. The van der Waals surface area contributed by atoms with E-state index >= 15 is 0 Å². The minimum atomic E-state index is 0.278. The zero-order chi connectivity index (χ0) is 12.0.